The summed E-state index contributed by atoms with van der Waals surface area (Å²) < 4.78 is 12.3. The summed E-state index contributed by atoms with van der Waals surface area (Å²) in [6.45, 7) is 2.50. The maximum atomic E-state index is 10.4. The van der Waals surface area contributed by atoms with Gasteiger partial charge in [-0.2, -0.15) is 5.10 Å². The van der Waals surface area contributed by atoms with Gasteiger partial charge in [0.25, 0.3) is 0 Å². The van der Waals surface area contributed by atoms with Crippen LogP contribution in [0.5, 0.6) is 17.2 Å². The monoisotopic (exact) mass is 421 g/mol. The number of aromatic hydroxyl groups is 1. The average molecular weight is 422 g/mol. The molecule has 30 heavy (non-hydrogen) atoms. The fourth-order valence-electron chi connectivity index (χ4n) is 4.00. The van der Waals surface area contributed by atoms with Gasteiger partial charge in [0.15, 0.2) is 11.5 Å². The van der Waals surface area contributed by atoms with Gasteiger partial charge in [-0.15, -0.1) is 0 Å². The minimum atomic E-state index is -0.439. The highest BCUT2D eigenvalue weighted by Crippen LogP contribution is 2.51. The zero-order valence-corrected chi connectivity index (χ0v) is 17.1. The number of fused-ring (bicyclic) bond motifs is 3. The molecule has 0 aliphatic carbocycles. The summed E-state index contributed by atoms with van der Waals surface area (Å²) in [6, 6.07) is 14.7. The number of ether oxygens (including phenoxy) is 2. The van der Waals surface area contributed by atoms with Crippen LogP contribution in [-0.2, 0) is 0 Å². The molecule has 2 aliphatic heterocycles. The number of phenolic OH excluding ortho intramolecular Hbond substituents is 1. The number of phenols is 1. The Bertz CT molecular complexity index is 1120. The van der Waals surface area contributed by atoms with Crippen molar-refractivity contribution >= 4 is 17.3 Å². The number of benzene rings is 2. The van der Waals surface area contributed by atoms with Gasteiger partial charge in [0.1, 0.15) is 5.75 Å². The SMILES string of the molecule is CCOc1cccc2c1O[C@H](c1ccncc1)N1N=C(c3cc(Cl)ccc3O)C[C@H]21. The standard InChI is InChI=1S/C23H20ClN3O3/c1-2-29-21-5-3-4-16-19-13-18(17-12-15(24)6-7-20(17)28)26-27(19)23(30-22(16)21)14-8-10-25-11-9-14/h3-12,19,23,28H,2,13H2,1H3/t19-,23-/m1/s1. The lowest BCUT2D eigenvalue weighted by Crippen LogP contribution is -2.33. The third-order valence-corrected chi connectivity index (χ3v) is 5.58. The molecule has 152 valence electrons. The van der Waals surface area contributed by atoms with Crippen molar-refractivity contribution < 1.29 is 14.6 Å². The zero-order valence-electron chi connectivity index (χ0n) is 16.3. The van der Waals surface area contributed by atoms with E-state index in [0.717, 1.165) is 22.6 Å². The number of hydrogen-bond donors (Lipinski definition) is 1. The number of hydrogen-bond acceptors (Lipinski definition) is 6. The predicted octanol–water partition coefficient (Wildman–Crippen LogP) is 5.08. The number of halogens is 1. The third-order valence-electron chi connectivity index (χ3n) is 5.34. The van der Waals surface area contributed by atoms with Crippen molar-refractivity contribution in [1.29, 1.82) is 0 Å². The van der Waals surface area contributed by atoms with Crippen LogP contribution in [0.1, 0.15) is 42.3 Å². The summed E-state index contributed by atoms with van der Waals surface area (Å²) in [4.78, 5) is 4.12. The second-order valence-corrected chi connectivity index (χ2v) is 7.60. The molecule has 0 saturated heterocycles. The lowest BCUT2D eigenvalue weighted by molar-refractivity contribution is -0.0212. The lowest BCUT2D eigenvalue weighted by atomic mass is 9.95. The lowest BCUT2D eigenvalue weighted by Gasteiger charge is -2.38. The largest absolute Gasteiger partial charge is 0.507 e. The molecule has 3 aromatic rings. The fraction of sp³-hybridized carbons (Fsp3) is 0.217. The first-order valence-electron chi connectivity index (χ1n) is 9.82. The molecule has 2 atom stereocenters. The van der Waals surface area contributed by atoms with E-state index in [0.29, 0.717) is 29.4 Å². The average Bonchev–Trinajstić information content (AvgIpc) is 3.21. The van der Waals surface area contributed by atoms with Crippen molar-refractivity contribution in [2.45, 2.75) is 25.6 Å². The van der Waals surface area contributed by atoms with E-state index in [1.165, 1.54) is 0 Å². The van der Waals surface area contributed by atoms with E-state index in [9.17, 15) is 5.11 Å². The maximum absolute atomic E-state index is 10.4. The first-order valence-corrected chi connectivity index (χ1v) is 10.2. The summed E-state index contributed by atoms with van der Waals surface area (Å²) in [5.74, 6) is 1.60. The molecule has 1 N–H and O–H groups in total. The molecule has 0 spiro atoms. The summed E-state index contributed by atoms with van der Waals surface area (Å²) in [7, 11) is 0. The van der Waals surface area contributed by atoms with Gasteiger partial charge in [-0.25, -0.2) is 5.01 Å². The molecule has 6 nitrogen and oxygen atoms in total. The van der Waals surface area contributed by atoms with Gasteiger partial charge in [-0.1, -0.05) is 23.7 Å². The van der Waals surface area contributed by atoms with Crippen molar-refractivity contribution in [3.05, 3.63) is 82.6 Å². The summed E-state index contributed by atoms with van der Waals surface area (Å²) in [5, 5.41) is 17.8. The first-order chi connectivity index (χ1) is 14.7. The zero-order chi connectivity index (χ0) is 20.7. The minimum Gasteiger partial charge on any atom is -0.507 e. The van der Waals surface area contributed by atoms with Gasteiger partial charge in [-0.3, -0.25) is 4.98 Å². The van der Waals surface area contributed by atoms with Gasteiger partial charge in [0.2, 0.25) is 6.23 Å². The van der Waals surface area contributed by atoms with Crippen molar-refractivity contribution in [2.24, 2.45) is 5.10 Å². The minimum absolute atomic E-state index is 0.0549. The molecular formula is C23H20ClN3O3. The number of para-hydroxylation sites is 1. The topological polar surface area (TPSA) is 67.2 Å². The molecular weight excluding hydrogens is 402 g/mol. The second kappa shape index (κ2) is 7.54. The van der Waals surface area contributed by atoms with E-state index < -0.39 is 6.23 Å². The third kappa shape index (κ3) is 3.13. The van der Waals surface area contributed by atoms with Gasteiger partial charge >= 0.3 is 0 Å². The second-order valence-electron chi connectivity index (χ2n) is 7.17. The number of aromatic nitrogens is 1. The van der Waals surface area contributed by atoms with Crippen LogP contribution in [0.25, 0.3) is 0 Å². The van der Waals surface area contributed by atoms with Gasteiger partial charge in [0.05, 0.1) is 18.4 Å². The van der Waals surface area contributed by atoms with Crippen LogP contribution >= 0.6 is 11.6 Å². The first kappa shape index (κ1) is 18.8. The molecule has 0 bridgehead atoms. The molecule has 5 rings (SSSR count). The quantitative estimate of drug-likeness (QED) is 0.636. The summed E-state index contributed by atoms with van der Waals surface area (Å²) in [6.07, 6.45) is 3.65. The van der Waals surface area contributed by atoms with Crippen molar-refractivity contribution in [3.63, 3.8) is 0 Å². The van der Waals surface area contributed by atoms with Crippen LogP contribution < -0.4 is 9.47 Å². The number of pyridine rings is 1. The van der Waals surface area contributed by atoms with E-state index in [-0.39, 0.29) is 11.8 Å². The molecule has 2 aromatic carbocycles. The van der Waals surface area contributed by atoms with E-state index in [2.05, 4.69) is 4.98 Å². The highest BCUT2D eigenvalue weighted by Gasteiger charge is 2.42. The highest BCUT2D eigenvalue weighted by molar-refractivity contribution is 6.31. The summed E-state index contributed by atoms with van der Waals surface area (Å²) in [5.41, 5.74) is 3.34. The Labute approximate surface area is 179 Å². The van der Waals surface area contributed by atoms with Crippen molar-refractivity contribution in [3.8, 4) is 17.2 Å². The van der Waals surface area contributed by atoms with Crippen LogP contribution in [0.2, 0.25) is 5.02 Å². The van der Waals surface area contributed by atoms with E-state index in [1.54, 1.807) is 30.6 Å². The van der Waals surface area contributed by atoms with Crippen LogP contribution in [-0.4, -0.2) is 27.4 Å². The molecule has 2 aliphatic rings. The van der Waals surface area contributed by atoms with Crippen LogP contribution in [0.4, 0.5) is 0 Å². The number of nitrogens with zero attached hydrogens (tertiary/aromatic N) is 3. The molecule has 0 unspecified atom stereocenters. The summed E-state index contributed by atoms with van der Waals surface area (Å²) >= 11 is 6.18. The Morgan fingerprint density at radius 3 is 2.83 bits per heavy atom. The Kier molecular flexibility index (Phi) is 4.71. The maximum Gasteiger partial charge on any atom is 0.214 e. The van der Waals surface area contributed by atoms with Gasteiger partial charge in [-0.05, 0) is 43.3 Å². The molecule has 0 fully saturated rings. The van der Waals surface area contributed by atoms with E-state index in [4.69, 9.17) is 26.2 Å². The Balaban J connectivity index is 1.63. The van der Waals surface area contributed by atoms with E-state index >= 15 is 0 Å². The predicted molar refractivity (Wildman–Crippen MR) is 114 cm³/mol. The smallest absolute Gasteiger partial charge is 0.214 e. The fourth-order valence-corrected chi connectivity index (χ4v) is 4.18. The van der Waals surface area contributed by atoms with E-state index in [1.807, 2.05) is 42.3 Å². The molecule has 3 heterocycles. The van der Waals surface area contributed by atoms with Crippen LogP contribution in [0.3, 0.4) is 0 Å². The van der Waals surface area contributed by atoms with Crippen molar-refractivity contribution in [2.75, 3.05) is 6.61 Å². The Hall–Kier alpha value is -3.25. The Morgan fingerprint density at radius 1 is 1.20 bits per heavy atom. The molecule has 0 saturated carbocycles. The highest BCUT2D eigenvalue weighted by atomic mass is 35.5. The van der Waals surface area contributed by atoms with Gasteiger partial charge in [0, 0.05) is 40.5 Å². The van der Waals surface area contributed by atoms with Crippen molar-refractivity contribution in [1.82, 2.24) is 9.99 Å². The molecule has 0 radical (unpaired) electrons. The molecule has 1 aromatic heterocycles. The molecule has 7 heteroatoms. The van der Waals surface area contributed by atoms with Gasteiger partial charge < -0.3 is 14.6 Å². The van der Waals surface area contributed by atoms with Crippen LogP contribution in [0, 0.1) is 0 Å². The number of hydrazone groups is 1. The number of rotatable bonds is 4. The van der Waals surface area contributed by atoms with Crippen LogP contribution in [0.15, 0.2) is 66.0 Å². The Morgan fingerprint density at radius 2 is 2.03 bits per heavy atom. The molecule has 0 amide bonds. The normalized spacial score (nSPS) is 19.5.